The van der Waals surface area contributed by atoms with E-state index in [2.05, 4.69) is 26.1 Å². The Morgan fingerprint density at radius 3 is 2.60 bits per heavy atom. The molecular weight excluding hydrogens is 250 g/mol. The molecule has 0 amide bonds. The fourth-order valence-electron chi connectivity index (χ4n) is 3.68. The summed E-state index contributed by atoms with van der Waals surface area (Å²) in [6, 6.07) is 0.638. The fourth-order valence-corrected chi connectivity index (χ4v) is 3.68. The molecule has 1 N–H and O–H groups in total. The summed E-state index contributed by atoms with van der Waals surface area (Å²) in [4.78, 5) is 0. The molecule has 3 atom stereocenters. The molecule has 3 heteroatoms. The van der Waals surface area contributed by atoms with Gasteiger partial charge >= 0.3 is 0 Å². The number of rotatable bonds is 6. The van der Waals surface area contributed by atoms with Gasteiger partial charge in [-0.3, -0.25) is 0 Å². The van der Waals surface area contributed by atoms with Crippen molar-refractivity contribution in [3.05, 3.63) is 0 Å². The minimum Gasteiger partial charge on any atom is -0.381 e. The molecule has 0 aromatic rings. The molecule has 3 nitrogen and oxygen atoms in total. The second kappa shape index (κ2) is 8.35. The van der Waals surface area contributed by atoms with Gasteiger partial charge in [0.15, 0.2) is 0 Å². The van der Waals surface area contributed by atoms with Gasteiger partial charge in [0.2, 0.25) is 0 Å². The molecule has 2 fully saturated rings. The number of nitrogens with one attached hydrogen (secondary N) is 1. The van der Waals surface area contributed by atoms with Gasteiger partial charge in [-0.1, -0.05) is 27.2 Å². The van der Waals surface area contributed by atoms with Crippen molar-refractivity contribution in [1.82, 2.24) is 5.32 Å². The monoisotopic (exact) mass is 283 g/mol. The van der Waals surface area contributed by atoms with E-state index < -0.39 is 0 Å². The first-order valence-electron chi connectivity index (χ1n) is 8.59. The van der Waals surface area contributed by atoms with Crippen LogP contribution in [0.25, 0.3) is 0 Å². The zero-order valence-electron chi connectivity index (χ0n) is 13.6. The molecule has 1 saturated carbocycles. The summed E-state index contributed by atoms with van der Waals surface area (Å²) in [5.74, 6) is 2.34. The van der Waals surface area contributed by atoms with E-state index in [4.69, 9.17) is 9.47 Å². The van der Waals surface area contributed by atoms with E-state index in [1.165, 1.54) is 19.3 Å². The van der Waals surface area contributed by atoms with Crippen LogP contribution in [0, 0.1) is 17.8 Å². The molecule has 2 aliphatic rings. The van der Waals surface area contributed by atoms with Crippen LogP contribution in [0.2, 0.25) is 0 Å². The Morgan fingerprint density at radius 1 is 1.15 bits per heavy atom. The van der Waals surface area contributed by atoms with Gasteiger partial charge in [-0.15, -0.1) is 0 Å². The average Bonchev–Trinajstić information content (AvgIpc) is 2.44. The fraction of sp³-hybridized carbons (Fsp3) is 1.00. The molecule has 118 valence electrons. The Balaban J connectivity index is 1.65. The molecule has 0 spiro atoms. The third-order valence-corrected chi connectivity index (χ3v) is 5.05. The lowest BCUT2D eigenvalue weighted by Gasteiger charge is -2.37. The summed E-state index contributed by atoms with van der Waals surface area (Å²) >= 11 is 0. The summed E-state index contributed by atoms with van der Waals surface area (Å²) in [7, 11) is 0. The quantitative estimate of drug-likeness (QED) is 0.759. The first-order valence-corrected chi connectivity index (χ1v) is 8.59. The standard InChI is InChI=1S/C17H33NO2/c1-13(2)16-5-4-14(3)12-17(16)20-11-8-18-15-6-9-19-10-7-15/h13-18H,4-12H2,1-3H3. The molecule has 2 rings (SSSR count). The lowest BCUT2D eigenvalue weighted by molar-refractivity contribution is -0.0380. The predicted octanol–water partition coefficient (Wildman–Crippen LogP) is 3.23. The maximum Gasteiger partial charge on any atom is 0.0608 e. The third-order valence-electron chi connectivity index (χ3n) is 5.05. The van der Waals surface area contributed by atoms with E-state index in [1.54, 1.807) is 0 Å². The maximum absolute atomic E-state index is 6.22. The van der Waals surface area contributed by atoms with E-state index in [1.807, 2.05) is 0 Å². The minimum atomic E-state index is 0.482. The first kappa shape index (κ1) is 16.3. The molecule has 3 unspecified atom stereocenters. The number of ether oxygens (including phenoxy) is 2. The number of hydrogen-bond donors (Lipinski definition) is 1. The van der Waals surface area contributed by atoms with E-state index in [9.17, 15) is 0 Å². The van der Waals surface area contributed by atoms with Crippen molar-refractivity contribution in [1.29, 1.82) is 0 Å². The van der Waals surface area contributed by atoms with Crippen molar-refractivity contribution in [3.8, 4) is 0 Å². The molecule has 0 radical (unpaired) electrons. The van der Waals surface area contributed by atoms with Crippen LogP contribution in [0.15, 0.2) is 0 Å². The maximum atomic E-state index is 6.22. The van der Waals surface area contributed by atoms with Crippen molar-refractivity contribution in [2.75, 3.05) is 26.4 Å². The molecule has 0 bridgehead atoms. The van der Waals surface area contributed by atoms with E-state index in [0.29, 0.717) is 12.1 Å². The van der Waals surface area contributed by atoms with Crippen LogP contribution in [0.3, 0.4) is 0 Å². The highest BCUT2D eigenvalue weighted by Gasteiger charge is 2.31. The highest BCUT2D eigenvalue weighted by Crippen LogP contribution is 2.35. The van der Waals surface area contributed by atoms with E-state index in [0.717, 1.165) is 57.0 Å². The lowest BCUT2D eigenvalue weighted by atomic mass is 9.75. The summed E-state index contributed by atoms with van der Waals surface area (Å²) in [6.45, 7) is 10.7. The molecule has 1 aliphatic heterocycles. The molecule has 1 saturated heterocycles. The average molecular weight is 283 g/mol. The highest BCUT2D eigenvalue weighted by atomic mass is 16.5. The second-order valence-corrected chi connectivity index (χ2v) is 7.08. The van der Waals surface area contributed by atoms with Crippen LogP contribution in [0.5, 0.6) is 0 Å². The summed E-state index contributed by atoms with van der Waals surface area (Å²) in [5, 5.41) is 3.61. The van der Waals surface area contributed by atoms with Crippen LogP contribution in [-0.2, 0) is 9.47 Å². The van der Waals surface area contributed by atoms with E-state index in [-0.39, 0.29) is 0 Å². The first-order chi connectivity index (χ1) is 9.66. The Morgan fingerprint density at radius 2 is 1.90 bits per heavy atom. The summed E-state index contributed by atoms with van der Waals surface area (Å²) < 4.78 is 11.6. The largest absolute Gasteiger partial charge is 0.381 e. The second-order valence-electron chi connectivity index (χ2n) is 7.08. The van der Waals surface area contributed by atoms with E-state index >= 15 is 0 Å². The van der Waals surface area contributed by atoms with Crippen molar-refractivity contribution >= 4 is 0 Å². The van der Waals surface area contributed by atoms with Crippen molar-refractivity contribution in [2.24, 2.45) is 17.8 Å². The molecule has 20 heavy (non-hydrogen) atoms. The van der Waals surface area contributed by atoms with Gasteiger partial charge in [-0.2, -0.15) is 0 Å². The van der Waals surface area contributed by atoms with Crippen LogP contribution in [0.4, 0.5) is 0 Å². The summed E-state index contributed by atoms with van der Waals surface area (Å²) in [5.41, 5.74) is 0. The SMILES string of the molecule is CC1CCC(C(C)C)C(OCCNC2CCOCC2)C1. The lowest BCUT2D eigenvalue weighted by Crippen LogP contribution is -2.39. The van der Waals surface area contributed by atoms with Crippen molar-refractivity contribution < 1.29 is 9.47 Å². The smallest absolute Gasteiger partial charge is 0.0608 e. The zero-order chi connectivity index (χ0) is 14.4. The topological polar surface area (TPSA) is 30.5 Å². The van der Waals surface area contributed by atoms with Crippen LogP contribution in [0.1, 0.15) is 52.9 Å². The van der Waals surface area contributed by atoms with Crippen LogP contribution < -0.4 is 5.32 Å². The highest BCUT2D eigenvalue weighted by molar-refractivity contribution is 4.81. The van der Waals surface area contributed by atoms with Gasteiger partial charge in [0, 0.05) is 25.8 Å². The van der Waals surface area contributed by atoms with Gasteiger partial charge in [0.05, 0.1) is 12.7 Å². The Hall–Kier alpha value is -0.120. The van der Waals surface area contributed by atoms with Crippen LogP contribution >= 0.6 is 0 Å². The molecule has 1 heterocycles. The molecule has 1 aliphatic carbocycles. The third kappa shape index (κ3) is 5.01. The van der Waals surface area contributed by atoms with Crippen LogP contribution in [-0.4, -0.2) is 38.5 Å². The Labute approximate surface area is 124 Å². The Kier molecular flexibility index (Phi) is 6.79. The normalized spacial score (nSPS) is 32.7. The zero-order valence-corrected chi connectivity index (χ0v) is 13.6. The predicted molar refractivity (Wildman–Crippen MR) is 82.9 cm³/mol. The molecule has 0 aromatic carbocycles. The minimum absolute atomic E-state index is 0.482. The van der Waals surface area contributed by atoms with Gasteiger partial charge in [0.25, 0.3) is 0 Å². The molecule has 0 aromatic heterocycles. The van der Waals surface area contributed by atoms with Gasteiger partial charge in [-0.25, -0.2) is 0 Å². The van der Waals surface area contributed by atoms with Gasteiger partial charge in [-0.05, 0) is 43.4 Å². The van der Waals surface area contributed by atoms with Crippen molar-refractivity contribution in [3.63, 3.8) is 0 Å². The number of hydrogen-bond acceptors (Lipinski definition) is 3. The van der Waals surface area contributed by atoms with Gasteiger partial charge in [0.1, 0.15) is 0 Å². The Bertz CT molecular complexity index is 264. The summed E-state index contributed by atoms with van der Waals surface area (Å²) in [6.07, 6.45) is 6.75. The van der Waals surface area contributed by atoms with Gasteiger partial charge < -0.3 is 14.8 Å². The molecular formula is C17H33NO2. The van der Waals surface area contributed by atoms with Crippen molar-refractivity contribution in [2.45, 2.75) is 65.0 Å².